The summed E-state index contributed by atoms with van der Waals surface area (Å²) < 4.78 is 0. The highest BCUT2D eigenvalue weighted by atomic mass is 32.1. The van der Waals surface area contributed by atoms with Gasteiger partial charge < -0.3 is 4.98 Å². The van der Waals surface area contributed by atoms with Crippen LogP contribution in [0.5, 0.6) is 0 Å². The Hall–Kier alpha value is -0.890. The first-order chi connectivity index (χ1) is 4.75. The fourth-order valence-corrected chi connectivity index (χ4v) is 0.950. The molecule has 0 saturated heterocycles. The molecule has 1 aromatic rings. The van der Waals surface area contributed by atoms with Crippen LogP contribution < -0.4 is 10.6 Å². The van der Waals surface area contributed by atoms with Crippen LogP contribution in [-0.2, 0) is 0 Å². The Balaban J connectivity index is 3.55. The molecule has 0 bridgehead atoms. The summed E-state index contributed by atoms with van der Waals surface area (Å²) in [5, 5.41) is 1.89. The zero-order chi connectivity index (χ0) is 7.56. The minimum Gasteiger partial charge on any atom is -0.360 e. The molecule has 0 saturated carbocycles. The third kappa shape index (κ3) is 1.16. The maximum atomic E-state index is 4.18. The Labute approximate surface area is 65.2 Å². The van der Waals surface area contributed by atoms with Crippen LogP contribution >= 0.6 is 12.6 Å². The summed E-state index contributed by atoms with van der Waals surface area (Å²) >= 11 is 4.18. The van der Waals surface area contributed by atoms with Crippen molar-refractivity contribution in [2.75, 3.05) is 0 Å². The molecule has 52 valence electrons. The van der Waals surface area contributed by atoms with Crippen LogP contribution in [0.15, 0.2) is 24.9 Å². The summed E-state index contributed by atoms with van der Waals surface area (Å²) in [6.45, 7) is 7.40. The van der Waals surface area contributed by atoms with E-state index in [9.17, 15) is 0 Å². The fraction of sp³-hybridized carbons (Fsp3) is 0. The van der Waals surface area contributed by atoms with Crippen LogP contribution in [0.4, 0.5) is 0 Å². The van der Waals surface area contributed by atoms with Crippen molar-refractivity contribution < 1.29 is 0 Å². The van der Waals surface area contributed by atoms with E-state index in [1.165, 1.54) is 0 Å². The number of nitrogens with one attached hydrogen (secondary N) is 1. The smallest absolute Gasteiger partial charge is 0.0583 e. The molecular weight excluding hydrogens is 142 g/mol. The predicted molar refractivity (Wildman–Crippen MR) is 48.2 cm³/mol. The molecule has 0 amide bonds. The summed E-state index contributed by atoms with van der Waals surface area (Å²) in [6, 6.07) is 1.90. The number of rotatable bonds is 1. The molecule has 0 aliphatic rings. The van der Waals surface area contributed by atoms with Gasteiger partial charge in [0.15, 0.2) is 0 Å². The van der Waals surface area contributed by atoms with Crippen molar-refractivity contribution in [3.05, 3.63) is 35.5 Å². The molecule has 0 spiro atoms. The first kappa shape index (κ1) is 7.22. The van der Waals surface area contributed by atoms with Crippen molar-refractivity contribution in [2.45, 2.75) is 0 Å². The molecule has 0 fully saturated rings. The molecule has 2 heteroatoms. The van der Waals surface area contributed by atoms with E-state index in [0.717, 1.165) is 15.5 Å². The van der Waals surface area contributed by atoms with Crippen molar-refractivity contribution in [3.63, 3.8) is 0 Å². The van der Waals surface area contributed by atoms with Crippen molar-refractivity contribution in [2.24, 2.45) is 0 Å². The van der Waals surface area contributed by atoms with Crippen molar-refractivity contribution in [1.29, 1.82) is 0 Å². The lowest BCUT2D eigenvalue weighted by molar-refractivity contribution is 1.32. The lowest BCUT2D eigenvalue weighted by Gasteiger charge is -1.83. The lowest BCUT2D eigenvalue weighted by atomic mass is 10.4. The quantitative estimate of drug-likeness (QED) is 0.548. The second kappa shape index (κ2) is 2.80. The number of hydrogen-bond acceptors (Lipinski definition) is 1. The Kier molecular flexibility index (Phi) is 2.02. The monoisotopic (exact) mass is 151 g/mol. The van der Waals surface area contributed by atoms with Crippen LogP contribution in [-0.4, -0.2) is 4.98 Å². The van der Waals surface area contributed by atoms with Crippen LogP contribution in [0.25, 0.3) is 11.5 Å². The van der Waals surface area contributed by atoms with E-state index in [4.69, 9.17) is 0 Å². The molecule has 0 unspecified atom stereocenters. The van der Waals surface area contributed by atoms with Gasteiger partial charge in [-0.25, -0.2) is 0 Å². The summed E-state index contributed by atoms with van der Waals surface area (Å²) in [4.78, 5) is 3.84. The van der Waals surface area contributed by atoms with E-state index < -0.39 is 0 Å². The molecule has 0 aromatic carbocycles. The molecule has 0 aliphatic carbocycles. The number of H-pyrrole nitrogens is 1. The first-order valence-corrected chi connectivity index (χ1v) is 3.38. The normalized spacial score (nSPS) is 12.9. The average molecular weight is 151 g/mol. The largest absolute Gasteiger partial charge is 0.360 e. The van der Waals surface area contributed by atoms with Crippen LogP contribution in [0.1, 0.15) is 0 Å². The molecule has 1 rings (SSSR count). The molecule has 0 atom stereocenters. The van der Waals surface area contributed by atoms with Gasteiger partial charge in [0.1, 0.15) is 0 Å². The van der Waals surface area contributed by atoms with E-state index in [2.05, 4.69) is 30.8 Å². The van der Waals surface area contributed by atoms with Gasteiger partial charge in [0.25, 0.3) is 0 Å². The van der Waals surface area contributed by atoms with Gasteiger partial charge in [-0.15, -0.1) is 12.6 Å². The van der Waals surface area contributed by atoms with E-state index in [1.54, 1.807) is 6.08 Å². The van der Waals surface area contributed by atoms with Gasteiger partial charge in [-0.3, -0.25) is 0 Å². The summed E-state index contributed by atoms with van der Waals surface area (Å²) in [5.41, 5.74) is 0. The summed E-state index contributed by atoms with van der Waals surface area (Å²) in [5.74, 6) is 0. The second-order valence-electron chi connectivity index (χ2n) is 1.97. The van der Waals surface area contributed by atoms with Crippen LogP contribution in [0.2, 0.25) is 0 Å². The molecule has 1 heterocycles. The molecule has 0 aliphatic heterocycles. The van der Waals surface area contributed by atoms with E-state index >= 15 is 0 Å². The van der Waals surface area contributed by atoms with Crippen molar-refractivity contribution >= 4 is 24.1 Å². The van der Waals surface area contributed by atoms with E-state index in [1.807, 2.05) is 12.3 Å². The Bertz CT molecular complexity index is 334. The van der Waals surface area contributed by atoms with Gasteiger partial charge in [0.05, 0.1) is 5.35 Å². The van der Waals surface area contributed by atoms with Crippen molar-refractivity contribution in [3.8, 4) is 0 Å². The van der Waals surface area contributed by atoms with Gasteiger partial charge in [-0.2, -0.15) is 0 Å². The molecule has 1 aromatic heterocycles. The van der Waals surface area contributed by atoms with Gasteiger partial charge in [0, 0.05) is 11.1 Å². The van der Waals surface area contributed by atoms with Crippen LogP contribution in [0, 0.1) is 0 Å². The predicted octanol–water partition coefficient (Wildman–Crippen LogP) is 0.649. The average Bonchev–Trinajstić information content (AvgIpc) is 2.34. The number of hydrogen-bond donors (Lipinski definition) is 2. The zero-order valence-electron chi connectivity index (χ0n) is 5.59. The standard InChI is InChI=1S/C8H9NS/c1-3-7(10)8-6(2)4-5-9-8/h3-5,9-10H,1-2H2/b8-7-. The Morgan fingerprint density at radius 2 is 2.40 bits per heavy atom. The maximum Gasteiger partial charge on any atom is 0.0583 e. The minimum absolute atomic E-state index is 0.829. The number of aromatic nitrogens is 1. The maximum absolute atomic E-state index is 4.18. The minimum atomic E-state index is 0.829. The first-order valence-electron chi connectivity index (χ1n) is 2.93. The van der Waals surface area contributed by atoms with Gasteiger partial charge in [-0.1, -0.05) is 19.2 Å². The highest BCUT2D eigenvalue weighted by molar-refractivity contribution is 7.90. The number of thiol groups is 1. The van der Waals surface area contributed by atoms with Crippen LogP contribution in [0.3, 0.4) is 0 Å². The Morgan fingerprint density at radius 1 is 1.70 bits per heavy atom. The topological polar surface area (TPSA) is 15.8 Å². The molecular formula is C8H9NS. The Morgan fingerprint density at radius 3 is 2.80 bits per heavy atom. The third-order valence-electron chi connectivity index (χ3n) is 1.28. The summed E-state index contributed by atoms with van der Waals surface area (Å²) in [6.07, 6.45) is 3.51. The molecule has 10 heavy (non-hydrogen) atoms. The number of aromatic amines is 1. The lowest BCUT2D eigenvalue weighted by Crippen LogP contribution is -2.21. The highest BCUT2D eigenvalue weighted by Gasteiger charge is 1.86. The zero-order valence-corrected chi connectivity index (χ0v) is 6.49. The molecule has 1 N–H and O–H groups in total. The van der Waals surface area contributed by atoms with Gasteiger partial charge in [0.2, 0.25) is 0 Å². The van der Waals surface area contributed by atoms with Crippen molar-refractivity contribution in [1.82, 2.24) is 4.98 Å². The molecule has 0 radical (unpaired) electrons. The van der Waals surface area contributed by atoms with E-state index in [0.29, 0.717) is 0 Å². The van der Waals surface area contributed by atoms with E-state index in [-0.39, 0.29) is 0 Å². The SMILES string of the molecule is C=C/C(S)=c1/[nH]ccc1=C. The highest BCUT2D eigenvalue weighted by Crippen LogP contribution is 1.95. The summed E-state index contributed by atoms with van der Waals surface area (Å²) in [7, 11) is 0. The fourth-order valence-electron chi connectivity index (χ4n) is 0.742. The van der Waals surface area contributed by atoms with Gasteiger partial charge >= 0.3 is 0 Å². The molecule has 1 nitrogen and oxygen atoms in total. The van der Waals surface area contributed by atoms with Gasteiger partial charge in [-0.05, 0) is 11.3 Å². The second-order valence-corrected chi connectivity index (χ2v) is 2.45. The third-order valence-corrected chi connectivity index (χ3v) is 1.69.